The van der Waals surface area contributed by atoms with Crippen molar-refractivity contribution in [2.75, 3.05) is 6.61 Å². The summed E-state index contributed by atoms with van der Waals surface area (Å²) in [6.07, 6.45) is -5.67. The predicted molar refractivity (Wildman–Crippen MR) is 53.4 cm³/mol. The third-order valence-electron chi connectivity index (χ3n) is 3.55. The Morgan fingerprint density at radius 1 is 1.19 bits per heavy atom. The van der Waals surface area contributed by atoms with Crippen molar-refractivity contribution in [3.05, 3.63) is 0 Å². The summed E-state index contributed by atoms with van der Waals surface area (Å²) in [6, 6.07) is 0. The molecule has 0 aromatic heterocycles. The zero-order valence-electron chi connectivity index (χ0n) is 8.59. The normalized spacial score (nSPS) is 40.3. The van der Waals surface area contributed by atoms with Crippen LogP contribution in [-0.4, -0.2) is 35.1 Å². The molecule has 3 fully saturated rings. The number of halogens is 4. The van der Waals surface area contributed by atoms with Crippen molar-refractivity contribution >= 4 is 12.4 Å². The van der Waals surface area contributed by atoms with Gasteiger partial charge in [0.1, 0.15) is 5.60 Å². The summed E-state index contributed by atoms with van der Waals surface area (Å²) in [5.41, 5.74) is 3.95. The van der Waals surface area contributed by atoms with E-state index in [0.717, 1.165) is 0 Å². The van der Waals surface area contributed by atoms with Crippen LogP contribution in [0.2, 0.25) is 0 Å². The van der Waals surface area contributed by atoms with Gasteiger partial charge in [0.2, 0.25) is 0 Å². The van der Waals surface area contributed by atoms with E-state index in [9.17, 15) is 18.3 Å². The van der Waals surface area contributed by atoms with Gasteiger partial charge in [-0.3, -0.25) is 0 Å². The number of nitrogens with two attached hydrogens (primary N) is 1. The Balaban J connectivity index is 0.00000128. The van der Waals surface area contributed by atoms with Gasteiger partial charge < -0.3 is 15.6 Å². The minimum atomic E-state index is -4.62. The number of fused-ring (bicyclic) bond motifs is 3. The van der Waals surface area contributed by atoms with Gasteiger partial charge in [-0.25, -0.2) is 0 Å². The van der Waals surface area contributed by atoms with E-state index in [1.165, 1.54) is 0 Å². The van der Waals surface area contributed by atoms with Crippen molar-refractivity contribution in [2.45, 2.75) is 49.1 Å². The highest BCUT2D eigenvalue weighted by Crippen LogP contribution is 2.47. The molecule has 2 aliphatic heterocycles. The number of aliphatic hydroxyl groups excluding tert-OH is 1. The monoisotopic (exact) mass is 261 g/mol. The molecule has 2 heterocycles. The molecule has 2 saturated heterocycles. The van der Waals surface area contributed by atoms with E-state index in [0.29, 0.717) is 12.8 Å². The van der Waals surface area contributed by atoms with Crippen LogP contribution in [0.3, 0.4) is 0 Å². The predicted octanol–water partition coefficient (Wildman–Crippen LogP) is 1.37. The topological polar surface area (TPSA) is 55.5 Å². The van der Waals surface area contributed by atoms with Crippen LogP contribution >= 0.6 is 12.4 Å². The quantitative estimate of drug-likeness (QED) is 0.750. The van der Waals surface area contributed by atoms with Gasteiger partial charge in [-0.2, -0.15) is 13.2 Å². The lowest BCUT2D eigenvalue weighted by molar-refractivity contribution is -0.294. The molecule has 3 nitrogen and oxygen atoms in total. The first-order valence-electron chi connectivity index (χ1n) is 4.95. The molecule has 0 spiro atoms. The number of hydrogen-bond acceptors (Lipinski definition) is 3. The van der Waals surface area contributed by atoms with E-state index in [1.807, 2.05) is 0 Å². The van der Waals surface area contributed by atoms with E-state index in [1.54, 1.807) is 0 Å². The maximum absolute atomic E-state index is 12.4. The summed E-state index contributed by atoms with van der Waals surface area (Å²) in [7, 11) is 0. The first-order valence-corrected chi connectivity index (χ1v) is 4.95. The third kappa shape index (κ3) is 2.16. The summed E-state index contributed by atoms with van der Waals surface area (Å²) >= 11 is 0. The standard InChI is InChI=1S/C9H14F3NO2.ClH/c10-9(11,12)6(14)8-3-1-7(13,2-4-8)5-15-8;/h6,14H,1-5,13H2;1H. The highest BCUT2D eigenvalue weighted by atomic mass is 35.5. The molecular weight excluding hydrogens is 247 g/mol. The molecular formula is C9H15ClF3NO2. The molecule has 1 saturated carbocycles. The molecule has 2 bridgehead atoms. The van der Waals surface area contributed by atoms with Crippen molar-refractivity contribution in [1.82, 2.24) is 0 Å². The average Bonchev–Trinajstić information content (AvgIpc) is 2.17. The van der Waals surface area contributed by atoms with Crippen LogP contribution in [0.4, 0.5) is 13.2 Å². The van der Waals surface area contributed by atoms with Crippen LogP contribution in [0.1, 0.15) is 25.7 Å². The number of aliphatic hydroxyl groups is 1. The van der Waals surface area contributed by atoms with E-state index >= 15 is 0 Å². The Bertz CT molecular complexity index is 247. The van der Waals surface area contributed by atoms with Gasteiger partial charge in [0.05, 0.1) is 6.61 Å². The van der Waals surface area contributed by atoms with E-state index in [-0.39, 0.29) is 31.9 Å². The molecule has 3 rings (SSSR count). The van der Waals surface area contributed by atoms with Crippen molar-refractivity contribution in [2.24, 2.45) is 5.73 Å². The van der Waals surface area contributed by atoms with E-state index in [2.05, 4.69) is 0 Å². The lowest BCUT2D eigenvalue weighted by Gasteiger charge is -2.53. The fourth-order valence-corrected chi connectivity index (χ4v) is 2.40. The molecule has 1 unspecified atom stereocenters. The van der Waals surface area contributed by atoms with Crippen LogP contribution < -0.4 is 5.73 Å². The van der Waals surface area contributed by atoms with Crippen molar-refractivity contribution in [3.8, 4) is 0 Å². The van der Waals surface area contributed by atoms with Crippen molar-refractivity contribution in [3.63, 3.8) is 0 Å². The van der Waals surface area contributed by atoms with Crippen LogP contribution in [0.25, 0.3) is 0 Å². The lowest BCUT2D eigenvalue weighted by atomic mass is 9.69. The minimum absolute atomic E-state index is 0. The van der Waals surface area contributed by atoms with E-state index in [4.69, 9.17) is 10.5 Å². The zero-order chi connectivity index (χ0) is 11.3. The SMILES string of the molecule is Cl.NC12CCC(C(O)C(F)(F)F)(CC1)OC2. The minimum Gasteiger partial charge on any atom is -0.381 e. The molecule has 0 amide bonds. The third-order valence-corrected chi connectivity index (χ3v) is 3.55. The first-order chi connectivity index (χ1) is 6.78. The maximum atomic E-state index is 12.4. The second-order valence-electron chi connectivity index (χ2n) is 4.66. The van der Waals surface area contributed by atoms with Crippen molar-refractivity contribution in [1.29, 1.82) is 0 Å². The summed E-state index contributed by atoms with van der Waals surface area (Å²) in [6.45, 7) is 0.111. The molecule has 7 heteroatoms. The summed E-state index contributed by atoms with van der Waals surface area (Å²) < 4.78 is 42.4. The molecule has 0 aromatic carbocycles. The van der Waals surface area contributed by atoms with Gasteiger partial charge in [0.15, 0.2) is 6.10 Å². The number of rotatable bonds is 1. The van der Waals surface area contributed by atoms with Crippen LogP contribution in [-0.2, 0) is 4.74 Å². The Hall–Kier alpha value is -0.0400. The highest BCUT2D eigenvalue weighted by Gasteiger charge is 2.59. The number of hydrogen-bond donors (Lipinski definition) is 2. The zero-order valence-corrected chi connectivity index (χ0v) is 9.40. The first kappa shape index (κ1) is 14.0. The summed E-state index contributed by atoms with van der Waals surface area (Å²) in [5.74, 6) is 0. The maximum Gasteiger partial charge on any atom is 0.417 e. The lowest BCUT2D eigenvalue weighted by Crippen LogP contribution is -2.65. The molecule has 0 aromatic rings. The van der Waals surface area contributed by atoms with Crippen LogP contribution in [0.5, 0.6) is 0 Å². The largest absolute Gasteiger partial charge is 0.417 e. The summed E-state index contributed by atoms with van der Waals surface area (Å²) in [4.78, 5) is 0. The van der Waals surface area contributed by atoms with Gasteiger partial charge in [0, 0.05) is 5.54 Å². The molecule has 1 aliphatic carbocycles. The molecule has 1 atom stereocenters. The van der Waals surface area contributed by atoms with Gasteiger partial charge in [-0.05, 0) is 25.7 Å². The highest BCUT2D eigenvalue weighted by molar-refractivity contribution is 5.85. The Morgan fingerprint density at radius 3 is 2.00 bits per heavy atom. The average molecular weight is 262 g/mol. The fraction of sp³-hybridized carbons (Fsp3) is 1.00. The Labute approximate surface area is 97.5 Å². The van der Waals surface area contributed by atoms with Gasteiger partial charge in [0.25, 0.3) is 0 Å². The van der Waals surface area contributed by atoms with Crippen LogP contribution in [0.15, 0.2) is 0 Å². The van der Waals surface area contributed by atoms with Gasteiger partial charge >= 0.3 is 6.18 Å². The van der Waals surface area contributed by atoms with E-state index < -0.39 is 23.4 Å². The molecule has 96 valence electrons. The van der Waals surface area contributed by atoms with Gasteiger partial charge in [-0.1, -0.05) is 0 Å². The smallest absolute Gasteiger partial charge is 0.381 e. The Morgan fingerprint density at radius 2 is 1.69 bits per heavy atom. The van der Waals surface area contributed by atoms with Crippen molar-refractivity contribution < 1.29 is 23.0 Å². The second kappa shape index (κ2) is 4.01. The number of alkyl halides is 3. The molecule has 16 heavy (non-hydrogen) atoms. The van der Waals surface area contributed by atoms with Crippen LogP contribution in [0, 0.1) is 0 Å². The summed E-state index contributed by atoms with van der Waals surface area (Å²) in [5, 5.41) is 9.28. The molecule has 3 aliphatic rings. The molecule has 3 N–H and O–H groups in total. The Kier molecular flexibility index (Phi) is 3.52. The second-order valence-corrected chi connectivity index (χ2v) is 4.66. The van der Waals surface area contributed by atoms with Gasteiger partial charge in [-0.15, -0.1) is 12.4 Å². The number of ether oxygens (including phenoxy) is 1. The fourth-order valence-electron chi connectivity index (χ4n) is 2.40. The molecule has 0 radical (unpaired) electrons.